The van der Waals surface area contributed by atoms with E-state index in [4.69, 9.17) is 42.6 Å². The van der Waals surface area contributed by atoms with Gasteiger partial charge in [0.05, 0.1) is 26.9 Å². The first kappa shape index (κ1) is 50.8. The number of benzene rings is 3. The number of hydrogen-bond acceptors (Lipinski definition) is 23. The zero-order valence-corrected chi connectivity index (χ0v) is 35.5. The zero-order chi connectivity index (χ0) is 48.5. The predicted octanol–water partition coefficient (Wildman–Crippen LogP) is -1.60. The van der Waals surface area contributed by atoms with Crippen molar-refractivity contribution in [3.63, 3.8) is 0 Å². The van der Waals surface area contributed by atoms with Gasteiger partial charge in [0.25, 0.3) is 0 Å². The summed E-state index contributed by atoms with van der Waals surface area (Å²) in [4.78, 5) is 26.3. The largest absolute Gasteiger partial charge is 0.504 e. The van der Waals surface area contributed by atoms with E-state index in [0.29, 0.717) is 11.1 Å². The van der Waals surface area contributed by atoms with Gasteiger partial charge in [0.1, 0.15) is 67.6 Å². The SMILES string of the molecule is COc1cc(C=CC(=O)OC[C@H]2O[C@@H](O[C@@H]3[C@@H](O[C@H]4OC[C@@H](O)[C@@H](O)[C@@H]4O)[C@H](OCCc4ccc(O)c(O)c4)O[C@H](CO)[C@H]3OC(=O)C=Cc3ccc(O)c(O)c3)[C@H](O)[C@@H](O)[C@@H]2O)ccc1O. The summed E-state index contributed by atoms with van der Waals surface area (Å²) in [5, 5.41) is 125. The molecule has 3 aromatic rings. The molecule has 0 bridgehead atoms. The molecule has 0 unspecified atom stereocenters. The molecule has 3 heterocycles. The molecule has 3 saturated heterocycles. The molecule has 23 heteroatoms. The van der Waals surface area contributed by atoms with E-state index < -0.39 is 135 Å². The molecule has 23 nitrogen and oxygen atoms in total. The third kappa shape index (κ3) is 12.7. The Hall–Kier alpha value is -5.64. The molecule has 67 heavy (non-hydrogen) atoms. The van der Waals surface area contributed by atoms with Crippen LogP contribution >= 0.6 is 0 Å². The summed E-state index contributed by atoms with van der Waals surface area (Å²) in [5.41, 5.74) is 1.13. The lowest BCUT2D eigenvalue weighted by molar-refractivity contribution is -0.386. The Morgan fingerprint density at radius 2 is 1.25 bits per heavy atom. The molecule has 0 aliphatic carbocycles. The second-order valence-corrected chi connectivity index (χ2v) is 15.5. The average molecular weight is 949 g/mol. The number of carbonyl (C=O) groups excluding carboxylic acids is 2. The van der Waals surface area contributed by atoms with Crippen LogP contribution in [0.1, 0.15) is 16.7 Å². The van der Waals surface area contributed by atoms with Gasteiger partial charge in [-0.05, 0) is 71.7 Å². The van der Waals surface area contributed by atoms with Gasteiger partial charge in [0.15, 0.2) is 59.5 Å². The Bertz CT molecular complexity index is 2200. The lowest BCUT2D eigenvalue weighted by atomic mass is 9.96. The number of aromatic hydroxyl groups is 5. The average Bonchev–Trinajstić information content (AvgIpc) is 3.31. The maximum atomic E-state index is 13.5. The molecule has 366 valence electrons. The van der Waals surface area contributed by atoms with Gasteiger partial charge in [-0.1, -0.05) is 18.2 Å². The van der Waals surface area contributed by atoms with Crippen LogP contribution in [0.2, 0.25) is 0 Å². The molecule has 6 rings (SSSR count). The summed E-state index contributed by atoms with van der Waals surface area (Å²) < 4.78 is 51.9. The molecule has 3 aliphatic heterocycles. The van der Waals surface area contributed by atoms with E-state index in [0.717, 1.165) is 24.3 Å². The Morgan fingerprint density at radius 3 is 1.93 bits per heavy atom. The van der Waals surface area contributed by atoms with Gasteiger partial charge in [-0.25, -0.2) is 9.59 Å². The van der Waals surface area contributed by atoms with E-state index in [1.54, 1.807) is 0 Å². The lowest BCUT2D eigenvalue weighted by Gasteiger charge is -2.49. The van der Waals surface area contributed by atoms with E-state index in [-0.39, 0.29) is 35.8 Å². The molecule has 0 spiro atoms. The standard InChI is InChI=1S/C44H52O23/c1-59-29-16-21(4-9-25(29)48)5-10-32(52)61-19-31-35(55)36(56)38(58)43(64-31)66-40-39(65-33(53)11-6-20-2-7-23(46)26(49)14-20)30(17-45)63-44(60-13-12-22-3-8-24(47)27(50)15-22)41(40)67-42-37(57)34(54)28(51)18-62-42/h2-11,14-16,28,30-31,34-51,54-58H,12-13,17-19H2,1H3/t28-,30-,31-,34-,35-,36+,37+,38-,39-,40+,41-,42-,43+,44-/m1/s1. The van der Waals surface area contributed by atoms with Crippen molar-refractivity contribution < 1.29 is 113 Å². The van der Waals surface area contributed by atoms with Crippen LogP contribution in [0.15, 0.2) is 66.7 Å². The number of aliphatic hydroxyl groups is 7. The first-order valence-corrected chi connectivity index (χ1v) is 20.7. The maximum Gasteiger partial charge on any atom is 0.331 e. The summed E-state index contributed by atoms with van der Waals surface area (Å²) in [6, 6.07) is 11.9. The number of ether oxygens (including phenoxy) is 9. The van der Waals surface area contributed by atoms with Gasteiger partial charge >= 0.3 is 11.9 Å². The highest BCUT2D eigenvalue weighted by atomic mass is 16.8. The minimum absolute atomic E-state index is 0.0481. The van der Waals surface area contributed by atoms with Crippen molar-refractivity contribution in [3.8, 4) is 34.5 Å². The van der Waals surface area contributed by atoms with Crippen molar-refractivity contribution >= 4 is 24.1 Å². The first-order chi connectivity index (χ1) is 32.0. The third-order valence-electron chi connectivity index (χ3n) is 10.9. The van der Waals surface area contributed by atoms with Crippen molar-refractivity contribution in [1.82, 2.24) is 0 Å². The zero-order valence-electron chi connectivity index (χ0n) is 35.5. The molecule has 3 aliphatic rings. The number of esters is 2. The van der Waals surface area contributed by atoms with Gasteiger partial charge in [-0.15, -0.1) is 0 Å². The van der Waals surface area contributed by atoms with Gasteiger partial charge in [-0.3, -0.25) is 0 Å². The molecule has 3 aromatic carbocycles. The van der Waals surface area contributed by atoms with Crippen molar-refractivity contribution in [2.75, 3.05) is 33.5 Å². The molecule has 0 radical (unpaired) electrons. The van der Waals surface area contributed by atoms with E-state index in [2.05, 4.69) is 0 Å². The molecule has 0 aromatic heterocycles. The van der Waals surface area contributed by atoms with E-state index in [1.807, 2.05) is 0 Å². The molecular weight excluding hydrogens is 896 g/mol. The minimum Gasteiger partial charge on any atom is -0.504 e. The number of phenolic OH excluding ortho intramolecular Hbond substituents is 5. The monoisotopic (exact) mass is 948 g/mol. The molecule has 3 fully saturated rings. The van der Waals surface area contributed by atoms with Gasteiger partial charge in [0, 0.05) is 12.2 Å². The first-order valence-electron chi connectivity index (χ1n) is 20.7. The fourth-order valence-electron chi connectivity index (χ4n) is 7.15. The number of aliphatic hydroxyl groups excluding tert-OH is 7. The van der Waals surface area contributed by atoms with Gasteiger partial charge in [-0.2, -0.15) is 0 Å². The third-order valence-corrected chi connectivity index (χ3v) is 10.9. The van der Waals surface area contributed by atoms with Crippen LogP contribution in [0.5, 0.6) is 34.5 Å². The van der Waals surface area contributed by atoms with Gasteiger partial charge in [0.2, 0.25) is 0 Å². The Morgan fingerprint density at radius 1 is 0.642 bits per heavy atom. The van der Waals surface area contributed by atoms with E-state index in [9.17, 15) is 70.9 Å². The highest BCUT2D eigenvalue weighted by molar-refractivity contribution is 5.88. The summed E-state index contributed by atoms with van der Waals surface area (Å²) in [6.45, 7) is -2.47. The lowest BCUT2D eigenvalue weighted by Crippen LogP contribution is -2.67. The second-order valence-electron chi connectivity index (χ2n) is 15.5. The Balaban J connectivity index is 1.30. The summed E-state index contributed by atoms with van der Waals surface area (Å²) in [5.74, 6) is -3.84. The van der Waals surface area contributed by atoms with Crippen LogP contribution in [0.4, 0.5) is 0 Å². The van der Waals surface area contributed by atoms with Crippen molar-refractivity contribution in [1.29, 1.82) is 0 Å². The molecule has 12 N–H and O–H groups in total. The number of carbonyl (C=O) groups is 2. The van der Waals surface area contributed by atoms with Crippen molar-refractivity contribution in [2.24, 2.45) is 0 Å². The second kappa shape index (κ2) is 22.9. The van der Waals surface area contributed by atoms with Crippen molar-refractivity contribution in [2.45, 2.75) is 92.4 Å². The van der Waals surface area contributed by atoms with Crippen LogP contribution in [0.3, 0.4) is 0 Å². The molecule has 0 saturated carbocycles. The van der Waals surface area contributed by atoms with Crippen LogP contribution in [-0.2, 0) is 53.9 Å². The Kier molecular flexibility index (Phi) is 17.4. The van der Waals surface area contributed by atoms with E-state index in [1.165, 1.54) is 61.7 Å². The van der Waals surface area contributed by atoms with Crippen LogP contribution in [-0.4, -0.2) is 193 Å². The summed E-state index contributed by atoms with van der Waals surface area (Å²) in [7, 11) is 1.34. The predicted molar refractivity (Wildman–Crippen MR) is 223 cm³/mol. The smallest absolute Gasteiger partial charge is 0.331 e. The summed E-state index contributed by atoms with van der Waals surface area (Å²) in [6.07, 6.45) is -21.0. The fourth-order valence-corrected chi connectivity index (χ4v) is 7.15. The van der Waals surface area contributed by atoms with Crippen molar-refractivity contribution in [3.05, 3.63) is 83.4 Å². The van der Waals surface area contributed by atoms with Gasteiger partial charge < -0.3 is 104 Å². The number of methoxy groups -OCH3 is 1. The highest BCUT2D eigenvalue weighted by Crippen LogP contribution is 2.36. The quantitative estimate of drug-likeness (QED) is 0.0412. The maximum absolute atomic E-state index is 13.5. The van der Waals surface area contributed by atoms with E-state index >= 15 is 0 Å². The molecular formula is C44H52O23. The Labute approximate surface area is 381 Å². The van der Waals surface area contributed by atoms with Crippen LogP contribution in [0.25, 0.3) is 12.2 Å². The normalized spacial score (nSPS) is 31.2. The minimum atomic E-state index is -2.10. The van der Waals surface area contributed by atoms with Crippen LogP contribution < -0.4 is 4.74 Å². The molecule has 0 amide bonds. The number of hydrogen-bond donors (Lipinski definition) is 12. The molecule has 14 atom stereocenters. The topological polar surface area (TPSA) is 360 Å². The highest BCUT2D eigenvalue weighted by Gasteiger charge is 2.55. The number of rotatable bonds is 17. The number of phenols is 5. The van der Waals surface area contributed by atoms with Crippen LogP contribution in [0, 0.1) is 0 Å². The summed E-state index contributed by atoms with van der Waals surface area (Å²) >= 11 is 0. The fraction of sp³-hybridized carbons (Fsp3) is 0.455.